The lowest BCUT2D eigenvalue weighted by molar-refractivity contribution is 0.109. The first-order valence-corrected chi connectivity index (χ1v) is 4.25. The fraction of sp³-hybridized carbons (Fsp3) is 0.182. The third-order valence-corrected chi connectivity index (χ3v) is 1.61. The SMILES string of the molecule is C=CCOC(=O)Oc1ccccc1C. The summed E-state index contributed by atoms with van der Waals surface area (Å²) in [5.74, 6) is 0.515. The second-order valence-corrected chi connectivity index (χ2v) is 2.72. The summed E-state index contributed by atoms with van der Waals surface area (Å²) >= 11 is 0. The molecule has 0 spiro atoms. The zero-order valence-corrected chi connectivity index (χ0v) is 8.03. The summed E-state index contributed by atoms with van der Waals surface area (Å²) in [5.41, 5.74) is 0.892. The van der Waals surface area contributed by atoms with E-state index >= 15 is 0 Å². The number of carbonyl (C=O) groups excluding carboxylic acids is 1. The highest BCUT2D eigenvalue weighted by Crippen LogP contribution is 2.16. The molecule has 0 heterocycles. The third kappa shape index (κ3) is 2.94. The van der Waals surface area contributed by atoms with Crippen molar-refractivity contribution >= 4 is 6.16 Å². The Bertz CT molecular complexity index is 331. The van der Waals surface area contributed by atoms with E-state index in [0.29, 0.717) is 5.75 Å². The van der Waals surface area contributed by atoms with Crippen LogP contribution in [0.5, 0.6) is 5.75 Å². The second kappa shape index (κ2) is 5.07. The first kappa shape index (κ1) is 10.3. The van der Waals surface area contributed by atoms with E-state index in [0.717, 1.165) is 5.56 Å². The van der Waals surface area contributed by atoms with E-state index in [9.17, 15) is 4.79 Å². The van der Waals surface area contributed by atoms with E-state index in [2.05, 4.69) is 11.3 Å². The minimum Gasteiger partial charge on any atom is -0.430 e. The molecule has 1 aromatic rings. The number of para-hydroxylation sites is 1. The lowest BCUT2D eigenvalue weighted by atomic mass is 10.2. The van der Waals surface area contributed by atoms with Crippen molar-refractivity contribution in [3.05, 3.63) is 42.5 Å². The van der Waals surface area contributed by atoms with Crippen LogP contribution < -0.4 is 4.74 Å². The zero-order valence-electron chi connectivity index (χ0n) is 8.03. The fourth-order valence-corrected chi connectivity index (χ4v) is 0.917. The van der Waals surface area contributed by atoms with Gasteiger partial charge in [-0.25, -0.2) is 4.79 Å². The Kier molecular flexibility index (Phi) is 3.73. The Labute approximate surface area is 83.0 Å². The first-order chi connectivity index (χ1) is 6.74. The highest BCUT2D eigenvalue weighted by molar-refractivity contribution is 5.64. The van der Waals surface area contributed by atoms with Gasteiger partial charge >= 0.3 is 6.16 Å². The highest BCUT2D eigenvalue weighted by atomic mass is 16.7. The molecular formula is C11H12O3. The van der Waals surface area contributed by atoms with Crippen LogP contribution >= 0.6 is 0 Å². The van der Waals surface area contributed by atoms with Gasteiger partial charge in [0.1, 0.15) is 12.4 Å². The molecule has 1 aromatic carbocycles. The summed E-state index contributed by atoms with van der Waals surface area (Å²) in [6, 6.07) is 7.24. The molecule has 0 unspecified atom stereocenters. The average molecular weight is 192 g/mol. The van der Waals surface area contributed by atoms with Gasteiger partial charge in [0.2, 0.25) is 0 Å². The van der Waals surface area contributed by atoms with Crippen LogP contribution in [-0.4, -0.2) is 12.8 Å². The number of aryl methyl sites for hydroxylation is 1. The number of hydrogen-bond donors (Lipinski definition) is 0. The lowest BCUT2D eigenvalue weighted by Gasteiger charge is -2.05. The number of carbonyl (C=O) groups is 1. The van der Waals surface area contributed by atoms with Crippen LogP contribution in [-0.2, 0) is 4.74 Å². The molecule has 0 aliphatic heterocycles. The molecule has 0 aromatic heterocycles. The summed E-state index contributed by atoms with van der Waals surface area (Å²) in [6.45, 7) is 5.44. The van der Waals surface area contributed by atoms with Crippen molar-refractivity contribution in [2.45, 2.75) is 6.92 Å². The monoisotopic (exact) mass is 192 g/mol. The lowest BCUT2D eigenvalue weighted by Crippen LogP contribution is -2.10. The van der Waals surface area contributed by atoms with Crippen molar-refractivity contribution in [3.8, 4) is 5.75 Å². The van der Waals surface area contributed by atoms with E-state index in [1.165, 1.54) is 6.08 Å². The molecule has 0 bridgehead atoms. The molecule has 0 N–H and O–H groups in total. The van der Waals surface area contributed by atoms with Crippen molar-refractivity contribution < 1.29 is 14.3 Å². The molecule has 3 heteroatoms. The van der Waals surface area contributed by atoms with Gasteiger partial charge in [-0.2, -0.15) is 0 Å². The molecule has 0 radical (unpaired) electrons. The Hall–Kier alpha value is -1.77. The van der Waals surface area contributed by atoms with E-state index in [4.69, 9.17) is 4.74 Å². The fourth-order valence-electron chi connectivity index (χ4n) is 0.917. The van der Waals surface area contributed by atoms with Crippen LogP contribution in [0.2, 0.25) is 0 Å². The van der Waals surface area contributed by atoms with E-state index in [1.54, 1.807) is 12.1 Å². The van der Waals surface area contributed by atoms with E-state index in [1.807, 2.05) is 19.1 Å². The van der Waals surface area contributed by atoms with Gasteiger partial charge in [-0.1, -0.05) is 30.9 Å². The normalized spacial score (nSPS) is 9.21. The van der Waals surface area contributed by atoms with Crippen molar-refractivity contribution in [2.24, 2.45) is 0 Å². The van der Waals surface area contributed by atoms with Crippen molar-refractivity contribution in [2.75, 3.05) is 6.61 Å². The zero-order chi connectivity index (χ0) is 10.4. The average Bonchev–Trinajstić information content (AvgIpc) is 2.18. The second-order valence-electron chi connectivity index (χ2n) is 2.72. The topological polar surface area (TPSA) is 35.5 Å². The van der Waals surface area contributed by atoms with Gasteiger partial charge in [-0.05, 0) is 18.6 Å². The van der Waals surface area contributed by atoms with Gasteiger partial charge in [0, 0.05) is 0 Å². The predicted molar refractivity (Wildman–Crippen MR) is 53.4 cm³/mol. The maximum atomic E-state index is 11.0. The van der Waals surface area contributed by atoms with Crippen LogP contribution in [0.1, 0.15) is 5.56 Å². The summed E-state index contributed by atoms with van der Waals surface area (Å²) in [5, 5.41) is 0. The molecule has 0 aliphatic carbocycles. The van der Waals surface area contributed by atoms with Crippen LogP contribution in [0, 0.1) is 6.92 Å². The Morgan fingerprint density at radius 2 is 2.21 bits per heavy atom. The molecule has 1 rings (SSSR count). The van der Waals surface area contributed by atoms with E-state index in [-0.39, 0.29) is 6.61 Å². The number of hydrogen-bond acceptors (Lipinski definition) is 3. The molecule has 74 valence electrons. The Morgan fingerprint density at radius 3 is 2.86 bits per heavy atom. The van der Waals surface area contributed by atoms with Gasteiger partial charge in [-0.15, -0.1) is 0 Å². The van der Waals surface area contributed by atoms with Gasteiger partial charge < -0.3 is 9.47 Å². The first-order valence-electron chi connectivity index (χ1n) is 4.25. The molecule has 0 fully saturated rings. The van der Waals surface area contributed by atoms with Gasteiger partial charge in [0.05, 0.1) is 0 Å². The molecule has 14 heavy (non-hydrogen) atoms. The van der Waals surface area contributed by atoms with Crippen molar-refractivity contribution in [1.29, 1.82) is 0 Å². The molecular weight excluding hydrogens is 180 g/mol. The minimum absolute atomic E-state index is 0.157. The van der Waals surface area contributed by atoms with Crippen molar-refractivity contribution in [1.82, 2.24) is 0 Å². The van der Waals surface area contributed by atoms with Crippen LogP contribution in [0.4, 0.5) is 4.79 Å². The largest absolute Gasteiger partial charge is 0.514 e. The summed E-state index contributed by atoms with van der Waals surface area (Å²) < 4.78 is 9.61. The standard InChI is InChI=1S/C11H12O3/c1-3-8-13-11(12)14-10-7-5-4-6-9(10)2/h3-7H,1,8H2,2H3. The summed E-state index contributed by atoms with van der Waals surface area (Å²) in [7, 11) is 0. The maximum absolute atomic E-state index is 11.0. The van der Waals surface area contributed by atoms with Gasteiger partial charge in [0.25, 0.3) is 0 Å². The molecule has 0 saturated carbocycles. The molecule has 3 nitrogen and oxygen atoms in total. The van der Waals surface area contributed by atoms with Crippen LogP contribution in [0.3, 0.4) is 0 Å². The van der Waals surface area contributed by atoms with Gasteiger partial charge in [-0.3, -0.25) is 0 Å². The van der Waals surface area contributed by atoms with Gasteiger partial charge in [0.15, 0.2) is 0 Å². The smallest absolute Gasteiger partial charge is 0.430 e. The van der Waals surface area contributed by atoms with Crippen LogP contribution in [0.25, 0.3) is 0 Å². The van der Waals surface area contributed by atoms with E-state index < -0.39 is 6.16 Å². The molecule has 0 amide bonds. The molecule has 0 atom stereocenters. The molecule has 0 saturated heterocycles. The number of ether oxygens (including phenoxy) is 2. The number of benzene rings is 1. The van der Waals surface area contributed by atoms with Crippen molar-refractivity contribution in [3.63, 3.8) is 0 Å². The van der Waals surface area contributed by atoms with Crippen LogP contribution in [0.15, 0.2) is 36.9 Å². The Balaban J connectivity index is 2.56. The maximum Gasteiger partial charge on any atom is 0.514 e. The Morgan fingerprint density at radius 1 is 1.50 bits per heavy atom. The highest BCUT2D eigenvalue weighted by Gasteiger charge is 2.06. The summed E-state index contributed by atoms with van der Waals surface area (Å²) in [6.07, 6.45) is 0.776. The minimum atomic E-state index is -0.709. The third-order valence-electron chi connectivity index (χ3n) is 1.61. The quantitative estimate of drug-likeness (QED) is 0.419. The summed E-state index contributed by atoms with van der Waals surface area (Å²) in [4.78, 5) is 11.0. The number of rotatable bonds is 3. The predicted octanol–water partition coefficient (Wildman–Crippen LogP) is 2.70. The molecule has 0 aliphatic rings.